The summed E-state index contributed by atoms with van der Waals surface area (Å²) in [5, 5.41) is 1.46. The molecule has 2 rings (SSSR count). The van der Waals surface area contributed by atoms with Crippen LogP contribution in [0.5, 0.6) is 0 Å². The average molecular weight is 224 g/mol. The van der Waals surface area contributed by atoms with Crippen molar-refractivity contribution in [3.63, 3.8) is 0 Å². The van der Waals surface area contributed by atoms with Gasteiger partial charge in [0.25, 0.3) is 0 Å². The molecule has 2 nitrogen and oxygen atoms in total. The highest BCUT2D eigenvalue weighted by Gasteiger charge is 2.45. The zero-order chi connectivity index (χ0) is 11.3. The van der Waals surface area contributed by atoms with Crippen LogP contribution in [0, 0.1) is 0 Å². The van der Waals surface area contributed by atoms with Crippen LogP contribution in [0.25, 0.3) is 0 Å². The monoisotopic (exact) mass is 224 g/mol. The van der Waals surface area contributed by atoms with Crippen molar-refractivity contribution in [3.05, 3.63) is 23.4 Å². The summed E-state index contributed by atoms with van der Waals surface area (Å²) in [6.45, 7) is 11.0. The maximum atomic E-state index is 5.98. The Hall–Kier alpha value is -0.383. The third kappa shape index (κ3) is 2.09. The summed E-state index contributed by atoms with van der Waals surface area (Å²) >= 11 is 0. The van der Waals surface area contributed by atoms with Crippen molar-refractivity contribution < 1.29 is 9.47 Å². The molecular weight excluding hydrogens is 204 g/mol. The largest absolute Gasteiger partial charge is 0.340 e. The van der Waals surface area contributed by atoms with Gasteiger partial charge in [0.15, 0.2) is 5.79 Å². The fourth-order valence-corrected chi connectivity index (χ4v) is 3.88. The van der Waals surface area contributed by atoms with Crippen molar-refractivity contribution in [3.8, 4) is 0 Å². The highest BCUT2D eigenvalue weighted by Crippen LogP contribution is 2.37. The van der Waals surface area contributed by atoms with Gasteiger partial charge in [0.2, 0.25) is 0 Å². The fraction of sp³-hybridized carbons (Fsp3) is 0.667. The highest BCUT2D eigenvalue weighted by molar-refractivity contribution is 6.83. The number of hydrogen-bond donors (Lipinski definition) is 0. The quantitative estimate of drug-likeness (QED) is 0.638. The third-order valence-corrected chi connectivity index (χ3v) is 5.06. The third-order valence-electron chi connectivity index (χ3n) is 2.88. The fourth-order valence-electron chi connectivity index (χ4n) is 2.21. The molecule has 3 heteroatoms. The van der Waals surface area contributed by atoms with E-state index in [1.54, 1.807) is 0 Å². The van der Waals surface area contributed by atoms with Gasteiger partial charge < -0.3 is 9.47 Å². The molecule has 1 aliphatic carbocycles. The second kappa shape index (κ2) is 3.30. The van der Waals surface area contributed by atoms with E-state index in [0.29, 0.717) is 0 Å². The second-order valence-corrected chi connectivity index (χ2v) is 10.9. The molecule has 2 atom stereocenters. The molecule has 1 fully saturated rings. The van der Waals surface area contributed by atoms with Gasteiger partial charge in [0.05, 0.1) is 8.07 Å². The number of ether oxygens (including phenoxy) is 2. The van der Waals surface area contributed by atoms with E-state index < -0.39 is 13.9 Å². The van der Waals surface area contributed by atoms with E-state index in [9.17, 15) is 0 Å². The minimum atomic E-state index is -1.30. The van der Waals surface area contributed by atoms with Crippen molar-refractivity contribution in [2.24, 2.45) is 0 Å². The first-order chi connectivity index (χ1) is 6.80. The number of allylic oxidation sites excluding steroid dienone is 2. The molecule has 15 heavy (non-hydrogen) atoms. The Morgan fingerprint density at radius 3 is 2.47 bits per heavy atom. The standard InChI is InChI=1S/C12H20O2Si/c1-12(2)13-9-7-6-8-10(11(9)14-12)15(3,4)5/h6-9,11H,1-5H3/t9-,11-/m0/s1. The minimum Gasteiger partial charge on any atom is -0.340 e. The molecule has 0 amide bonds. The van der Waals surface area contributed by atoms with Crippen LogP contribution < -0.4 is 0 Å². The summed E-state index contributed by atoms with van der Waals surface area (Å²) in [5.74, 6) is -0.442. The number of hydrogen-bond acceptors (Lipinski definition) is 2. The van der Waals surface area contributed by atoms with Gasteiger partial charge in [-0.15, -0.1) is 0 Å². The van der Waals surface area contributed by atoms with Crippen LogP contribution >= 0.6 is 0 Å². The van der Waals surface area contributed by atoms with Crippen LogP contribution in [-0.4, -0.2) is 26.1 Å². The SMILES string of the molecule is CC1(C)O[C@H]2C=CC=C([Si](C)(C)C)[C@H]2O1. The van der Waals surface area contributed by atoms with E-state index in [1.165, 1.54) is 5.20 Å². The molecule has 0 aromatic carbocycles. The van der Waals surface area contributed by atoms with Crippen molar-refractivity contribution in [2.45, 2.75) is 51.5 Å². The molecule has 1 saturated heterocycles. The molecule has 2 aliphatic rings. The van der Waals surface area contributed by atoms with Crippen LogP contribution in [0.1, 0.15) is 13.8 Å². The lowest BCUT2D eigenvalue weighted by Gasteiger charge is -2.29. The van der Waals surface area contributed by atoms with Crippen molar-refractivity contribution in [1.82, 2.24) is 0 Å². The predicted molar refractivity (Wildman–Crippen MR) is 64.4 cm³/mol. The van der Waals surface area contributed by atoms with Crippen LogP contribution in [0.4, 0.5) is 0 Å². The van der Waals surface area contributed by atoms with E-state index in [4.69, 9.17) is 9.47 Å². The summed E-state index contributed by atoms with van der Waals surface area (Å²) in [5.41, 5.74) is 0. The van der Waals surface area contributed by atoms with E-state index in [0.717, 1.165) is 0 Å². The van der Waals surface area contributed by atoms with Crippen LogP contribution in [0.3, 0.4) is 0 Å². The molecule has 84 valence electrons. The van der Waals surface area contributed by atoms with Gasteiger partial charge >= 0.3 is 0 Å². The Morgan fingerprint density at radius 1 is 1.20 bits per heavy atom. The molecule has 0 radical (unpaired) electrons. The van der Waals surface area contributed by atoms with Crippen LogP contribution in [0.15, 0.2) is 23.4 Å². The summed E-state index contributed by atoms with van der Waals surface area (Å²) in [7, 11) is -1.30. The summed E-state index contributed by atoms with van der Waals surface area (Å²) in [6, 6.07) is 0. The Balaban J connectivity index is 2.29. The molecule has 1 heterocycles. The maximum Gasteiger partial charge on any atom is 0.164 e. The van der Waals surface area contributed by atoms with Crippen molar-refractivity contribution in [1.29, 1.82) is 0 Å². The first-order valence-electron chi connectivity index (χ1n) is 5.54. The van der Waals surface area contributed by atoms with Crippen molar-refractivity contribution >= 4 is 8.07 Å². The van der Waals surface area contributed by atoms with Crippen molar-refractivity contribution in [2.75, 3.05) is 0 Å². The molecule has 0 unspecified atom stereocenters. The zero-order valence-corrected chi connectivity index (χ0v) is 11.2. The summed E-state index contributed by atoms with van der Waals surface area (Å²) < 4.78 is 11.8. The summed E-state index contributed by atoms with van der Waals surface area (Å²) in [4.78, 5) is 0. The van der Waals surface area contributed by atoms with Gasteiger partial charge in [0.1, 0.15) is 12.2 Å². The van der Waals surface area contributed by atoms with E-state index >= 15 is 0 Å². The average Bonchev–Trinajstić information content (AvgIpc) is 2.35. The van der Waals surface area contributed by atoms with E-state index in [-0.39, 0.29) is 12.2 Å². The smallest absolute Gasteiger partial charge is 0.164 e. The molecule has 0 aromatic rings. The Morgan fingerprint density at radius 2 is 1.87 bits per heavy atom. The molecule has 0 bridgehead atoms. The van der Waals surface area contributed by atoms with Gasteiger partial charge in [-0.3, -0.25) is 0 Å². The predicted octanol–water partition coefficient (Wildman–Crippen LogP) is 2.88. The lowest BCUT2D eigenvalue weighted by Crippen LogP contribution is -2.38. The Kier molecular flexibility index (Phi) is 2.45. The maximum absolute atomic E-state index is 5.98. The molecule has 0 spiro atoms. The van der Waals surface area contributed by atoms with Gasteiger partial charge in [-0.2, -0.15) is 0 Å². The summed E-state index contributed by atoms with van der Waals surface area (Å²) in [6.07, 6.45) is 6.70. The topological polar surface area (TPSA) is 18.5 Å². The minimum absolute atomic E-state index is 0.117. The van der Waals surface area contributed by atoms with E-state index in [1.807, 2.05) is 13.8 Å². The number of fused-ring (bicyclic) bond motifs is 1. The van der Waals surface area contributed by atoms with Gasteiger partial charge in [-0.1, -0.05) is 43.1 Å². The Labute approximate surface area is 93.0 Å². The lowest BCUT2D eigenvalue weighted by atomic mass is 10.1. The highest BCUT2D eigenvalue weighted by atomic mass is 28.3. The first kappa shape index (κ1) is 11.1. The molecular formula is C12H20O2Si. The van der Waals surface area contributed by atoms with Crippen LogP contribution in [0.2, 0.25) is 19.6 Å². The lowest BCUT2D eigenvalue weighted by molar-refractivity contribution is -0.139. The molecule has 0 aromatic heterocycles. The van der Waals surface area contributed by atoms with Gasteiger partial charge in [-0.25, -0.2) is 0 Å². The van der Waals surface area contributed by atoms with Crippen LogP contribution in [-0.2, 0) is 9.47 Å². The Bertz CT molecular complexity index is 323. The van der Waals surface area contributed by atoms with E-state index in [2.05, 4.69) is 37.9 Å². The molecule has 0 N–H and O–H groups in total. The first-order valence-corrected chi connectivity index (χ1v) is 9.04. The van der Waals surface area contributed by atoms with Gasteiger partial charge in [0, 0.05) is 0 Å². The number of rotatable bonds is 1. The normalized spacial score (nSPS) is 33.8. The van der Waals surface area contributed by atoms with Gasteiger partial charge in [-0.05, 0) is 13.8 Å². The molecule has 0 saturated carbocycles. The zero-order valence-electron chi connectivity index (χ0n) is 10.2. The molecule has 1 aliphatic heterocycles. The second-order valence-electron chi connectivity index (χ2n) is 5.78.